The second-order valence-electron chi connectivity index (χ2n) is 3.63. The van der Waals surface area contributed by atoms with Gasteiger partial charge in [-0.15, -0.1) is 0 Å². The molecule has 1 aromatic carbocycles. The van der Waals surface area contributed by atoms with Crippen molar-refractivity contribution in [2.45, 2.75) is 20.3 Å². The SMILES string of the molecule is CCc1c([N+](=O)[O-])ccc2snc(OC(C)=O)c12. The molecule has 18 heavy (non-hydrogen) atoms. The van der Waals surface area contributed by atoms with Crippen LogP contribution in [-0.4, -0.2) is 15.3 Å². The maximum Gasteiger partial charge on any atom is 0.309 e. The van der Waals surface area contributed by atoms with Crippen LogP contribution in [0.5, 0.6) is 5.88 Å². The molecule has 2 aromatic rings. The molecule has 0 bridgehead atoms. The summed E-state index contributed by atoms with van der Waals surface area (Å²) < 4.78 is 9.77. The standard InChI is InChI=1S/C11H10N2O4S/c1-3-7-8(13(15)16)4-5-9-10(7)11(12-18-9)17-6(2)14/h4-5H,3H2,1-2H3. The molecule has 0 unspecified atom stereocenters. The van der Waals surface area contributed by atoms with E-state index in [1.807, 2.05) is 6.92 Å². The van der Waals surface area contributed by atoms with E-state index >= 15 is 0 Å². The van der Waals surface area contributed by atoms with E-state index in [-0.39, 0.29) is 11.6 Å². The zero-order valence-corrected chi connectivity index (χ0v) is 10.6. The summed E-state index contributed by atoms with van der Waals surface area (Å²) in [7, 11) is 0. The van der Waals surface area contributed by atoms with Gasteiger partial charge in [-0.1, -0.05) is 6.92 Å². The van der Waals surface area contributed by atoms with Crippen LogP contribution in [0.3, 0.4) is 0 Å². The normalized spacial score (nSPS) is 10.6. The lowest BCUT2D eigenvalue weighted by Crippen LogP contribution is -2.03. The van der Waals surface area contributed by atoms with Crippen molar-refractivity contribution in [3.63, 3.8) is 0 Å². The third kappa shape index (κ3) is 2.04. The molecule has 1 heterocycles. The first kappa shape index (κ1) is 12.4. The Kier molecular flexibility index (Phi) is 3.24. The summed E-state index contributed by atoms with van der Waals surface area (Å²) >= 11 is 1.16. The largest absolute Gasteiger partial charge is 0.406 e. The highest BCUT2D eigenvalue weighted by Crippen LogP contribution is 2.36. The number of ether oxygens (including phenoxy) is 1. The Morgan fingerprint density at radius 3 is 2.83 bits per heavy atom. The van der Waals surface area contributed by atoms with E-state index in [4.69, 9.17) is 4.74 Å². The van der Waals surface area contributed by atoms with Gasteiger partial charge in [0.15, 0.2) is 0 Å². The number of aryl methyl sites for hydroxylation is 1. The number of aromatic nitrogens is 1. The van der Waals surface area contributed by atoms with E-state index in [0.717, 1.165) is 16.2 Å². The fourth-order valence-electron chi connectivity index (χ4n) is 1.80. The minimum absolute atomic E-state index is 0.0265. The number of benzene rings is 1. The van der Waals surface area contributed by atoms with Crippen LogP contribution in [0.1, 0.15) is 19.4 Å². The average molecular weight is 266 g/mol. The van der Waals surface area contributed by atoms with Crippen molar-refractivity contribution in [2.24, 2.45) is 0 Å². The molecule has 0 fully saturated rings. The van der Waals surface area contributed by atoms with Crippen molar-refractivity contribution < 1.29 is 14.5 Å². The Bertz CT molecular complexity index is 635. The van der Waals surface area contributed by atoms with Gasteiger partial charge < -0.3 is 4.74 Å². The van der Waals surface area contributed by atoms with E-state index in [1.54, 1.807) is 6.07 Å². The zero-order valence-electron chi connectivity index (χ0n) is 9.80. The number of nitro benzene ring substituents is 1. The first-order chi connectivity index (χ1) is 8.54. The van der Waals surface area contributed by atoms with Gasteiger partial charge in [-0.2, -0.15) is 4.37 Å². The molecule has 2 rings (SSSR count). The Hall–Kier alpha value is -2.02. The summed E-state index contributed by atoms with van der Waals surface area (Å²) in [6, 6.07) is 3.08. The molecule has 0 amide bonds. The van der Waals surface area contributed by atoms with Gasteiger partial charge in [0, 0.05) is 18.6 Å². The summed E-state index contributed by atoms with van der Waals surface area (Å²) in [5, 5.41) is 11.5. The summed E-state index contributed by atoms with van der Waals surface area (Å²) in [5.74, 6) is -0.334. The predicted octanol–water partition coefficient (Wildman–Crippen LogP) is 2.69. The Labute approximate surface area is 107 Å². The summed E-state index contributed by atoms with van der Waals surface area (Å²) in [5.41, 5.74) is 0.570. The van der Waals surface area contributed by atoms with Crippen LogP contribution in [-0.2, 0) is 11.2 Å². The highest BCUT2D eigenvalue weighted by molar-refractivity contribution is 7.13. The van der Waals surface area contributed by atoms with Crippen LogP contribution in [0.25, 0.3) is 10.1 Å². The molecule has 0 aliphatic carbocycles. The minimum atomic E-state index is -0.490. The average Bonchev–Trinajstić information content (AvgIpc) is 2.70. The van der Waals surface area contributed by atoms with Gasteiger partial charge in [0.1, 0.15) is 0 Å². The lowest BCUT2D eigenvalue weighted by molar-refractivity contribution is -0.385. The Morgan fingerprint density at radius 2 is 2.28 bits per heavy atom. The minimum Gasteiger partial charge on any atom is -0.406 e. The molecule has 0 aliphatic rings. The number of hydrogen-bond donors (Lipinski definition) is 0. The van der Waals surface area contributed by atoms with Gasteiger partial charge in [-0.3, -0.25) is 14.9 Å². The summed E-state index contributed by atoms with van der Waals surface area (Å²) in [6.45, 7) is 3.09. The van der Waals surface area contributed by atoms with Gasteiger partial charge in [0.25, 0.3) is 5.69 Å². The Balaban J connectivity index is 2.72. The van der Waals surface area contributed by atoms with Crippen molar-refractivity contribution in [3.05, 3.63) is 27.8 Å². The third-order valence-electron chi connectivity index (χ3n) is 2.48. The van der Waals surface area contributed by atoms with Crippen molar-refractivity contribution >= 4 is 33.3 Å². The van der Waals surface area contributed by atoms with Crippen LogP contribution in [0.2, 0.25) is 0 Å². The van der Waals surface area contributed by atoms with Crippen LogP contribution in [0.4, 0.5) is 5.69 Å². The molecule has 0 aliphatic heterocycles. The smallest absolute Gasteiger partial charge is 0.309 e. The number of rotatable bonds is 3. The highest BCUT2D eigenvalue weighted by atomic mass is 32.1. The monoisotopic (exact) mass is 266 g/mol. The van der Waals surface area contributed by atoms with Crippen LogP contribution in [0.15, 0.2) is 12.1 Å². The number of carbonyl (C=O) groups is 1. The van der Waals surface area contributed by atoms with Crippen molar-refractivity contribution in [2.75, 3.05) is 0 Å². The van der Waals surface area contributed by atoms with Gasteiger partial charge >= 0.3 is 5.97 Å². The first-order valence-electron chi connectivity index (χ1n) is 5.28. The van der Waals surface area contributed by atoms with Crippen molar-refractivity contribution in [1.82, 2.24) is 4.37 Å². The van der Waals surface area contributed by atoms with Gasteiger partial charge in [0.2, 0.25) is 5.88 Å². The number of fused-ring (bicyclic) bond motifs is 1. The van der Waals surface area contributed by atoms with E-state index in [9.17, 15) is 14.9 Å². The molecule has 7 heteroatoms. The molecule has 0 saturated heterocycles. The molecule has 0 spiro atoms. The fraction of sp³-hybridized carbons (Fsp3) is 0.273. The zero-order chi connectivity index (χ0) is 13.3. The molecule has 0 saturated carbocycles. The van der Waals surface area contributed by atoms with Gasteiger partial charge in [0.05, 0.1) is 15.0 Å². The number of hydrogen-bond acceptors (Lipinski definition) is 6. The second kappa shape index (κ2) is 4.69. The van der Waals surface area contributed by atoms with Crippen molar-refractivity contribution in [3.8, 4) is 5.88 Å². The van der Waals surface area contributed by atoms with Gasteiger partial charge in [-0.05, 0) is 24.0 Å². The van der Waals surface area contributed by atoms with Gasteiger partial charge in [-0.25, -0.2) is 0 Å². The summed E-state index contributed by atoms with van der Waals surface area (Å²) in [4.78, 5) is 21.5. The maximum atomic E-state index is 11.0. The van der Waals surface area contributed by atoms with Crippen LogP contribution in [0, 0.1) is 10.1 Å². The maximum absolute atomic E-state index is 11.0. The fourth-order valence-corrected chi connectivity index (χ4v) is 2.54. The van der Waals surface area contributed by atoms with Crippen molar-refractivity contribution in [1.29, 1.82) is 0 Å². The molecule has 0 atom stereocenters. The third-order valence-corrected chi connectivity index (χ3v) is 3.28. The second-order valence-corrected chi connectivity index (χ2v) is 4.43. The number of nitro groups is 1. The lowest BCUT2D eigenvalue weighted by Gasteiger charge is -2.03. The first-order valence-corrected chi connectivity index (χ1v) is 6.06. The van der Waals surface area contributed by atoms with E-state index in [1.165, 1.54) is 13.0 Å². The summed E-state index contributed by atoms with van der Waals surface area (Å²) in [6.07, 6.45) is 0.473. The molecule has 6 nitrogen and oxygen atoms in total. The number of esters is 1. The molecular formula is C11H10N2O4S. The quantitative estimate of drug-likeness (QED) is 0.484. The van der Waals surface area contributed by atoms with E-state index in [0.29, 0.717) is 17.4 Å². The number of nitrogens with zero attached hydrogens (tertiary/aromatic N) is 2. The molecular weight excluding hydrogens is 256 g/mol. The lowest BCUT2D eigenvalue weighted by atomic mass is 10.1. The molecule has 0 radical (unpaired) electrons. The van der Waals surface area contributed by atoms with Crippen LogP contribution < -0.4 is 4.74 Å². The highest BCUT2D eigenvalue weighted by Gasteiger charge is 2.21. The molecule has 1 aromatic heterocycles. The number of carbonyl (C=O) groups excluding carboxylic acids is 1. The van der Waals surface area contributed by atoms with Crippen LogP contribution >= 0.6 is 11.5 Å². The Morgan fingerprint density at radius 1 is 1.56 bits per heavy atom. The molecule has 94 valence electrons. The topological polar surface area (TPSA) is 82.3 Å². The molecule has 0 N–H and O–H groups in total. The predicted molar refractivity (Wildman–Crippen MR) is 67.0 cm³/mol. The van der Waals surface area contributed by atoms with E-state index < -0.39 is 10.9 Å². The van der Waals surface area contributed by atoms with E-state index in [2.05, 4.69) is 4.37 Å².